The summed E-state index contributed by atoms with van der Waals surface area (Å²) in [5, 5.41) is 5.55. The van der Waals surface area contributed by atoms with Crippen LogP contribution in [0.5, 0.6) is 0 Å². The topological polar surface area (TPSA) is 0 Å². The first-order valence-electron chi connectivity index (χ1n) is 11.5. The second-order valence-electron chi connectivity index (χ2n) is 8.51. The summed E-state index contributed by atoms with van der Waals surface area (Å²) in [7, 11) is -2.03. The average molecular weight is 444 g/mol. The van der Waals surface area contributed by atoms with Crippen molar-refractivity contribution in [1.82, 2.24) is 0 Å². The molecule has 0 nitrogen and oxygen atoms in total. The van der Waals surface area contributed by atoms with Crippen molar-refractivity contribution in [2.45, 2.75) is 13.3 Å². The van der Waals surface area contributed by atoms with Crippen molar-refractivity contribution in [3.8, 4) is 0 Å². The van der Waals surface area contributed by atoms with E-state index in [9.17, 15) is 0 Å². The van der Waals surface area contributed by atoms with Crippen LogP contribution < -0.4 is 21.2 Å². The van der Waals surface area contributed by atoms with Gasteiger partial charge in [-0.1, -0.05) is 96.6 Å². The molecule has 0 amide bonds. The largest absolute Gasteiger partial charge is 0.144 e. The highest BCUT2D eigenvalue weighted by Gasteiger charge is 2.47. The Morgan fingerprint density at radius 2 is 0.758 bits per heavy atom. The zero-order valence-electron chi connectivity index (χ0n) is 18.9. The summed E-state index contributed by atoms with van der Waals surface area (Å²) in [4.78, 5) is 0. The average Bonchev–Trinajstić information content (AvgIpc) is 2.88. The molecular weight excluding hydrogens is 415 g/mol. The van der Waals surface area contributed by atoms with Gasteiger partial charge >= 0.3 is 0 Å². The summed E-state index contributed by atoms with van der Waals surface area (Å²) in [5.41, 5.74) is 3.97. The van der Waals surface area contributed by atoms with Crippen molar-refractivity contribution >= 4 is 28.5 Å². The Bertz CT molecular complexity index is 1250. The Balaban J connectivity index is 1.70. The molecule has 0 bridgehead atoms. The molecule has 0 aliphatic rings. The fraction of sp³-hybridized carbons (Fsp3) is 0.0625. The van der Waals surface area contributed by atoms with Gasteiger partial charge in [0.15, 0.2) is 0 Å². The van der Waals surface area contributed by atoms with Crippen LogP contribution in [0.1, 0.15) is 16.7 Å². The van der Waals surface area contributed by atoms with Crippen molar-refractivity contribution in [2.75, 3.05) is 0 Å². The molecule has 5 aromatic rings. The van der Waals surface area contributed by atoms with Gasteiger partial charge in [-0.15, -0.1) is 0 Å². The van der Waals surface area contributed by atoms with E-state index in [1.165, 1.54) is 37.9 Å². The lowest BCUT2D eigenvalue weighted by Crippen LogP contribution is -2.38. The Morgan fingerprint density at radius 1 is 0.394 bits per heavy atom. The van der Waals surface area contributed by atoms with E-state index < -0.39 is 7.26 Å². The zero-order valence-corrected chi connectivity index (χ0v) is 19.8. The van der Waals surface area contributed by atoms with E-state index in [0.29, 0.717) is 0 Å². The summed E-state index contributed by atoms with van der Waals surface area (Å²) >= 11 is 0. The first-order valence-corrected chi connectivity index (χ1v) is 13.3. The standard InChI is InChI=1S/C32H28P/c1-26-17-21-31(22-18-26)33(29-13-7-3-8-14-29,30-15-9-4-10-16-30)32-23-19-28(20-24-32)25-27-11-5-2-6-12-27/h2-24H,25H2,1H3/q+1. The third kappa shape index (κ3) is 4.28. The van der Waals surface area contributed by atoms with Gasteiger partial charge in [-0.3, -0.25) is 0 Å². The fourth-order valence-corrected chi connectivity index (χ4v) is 8.86. The molecule has 0 spiro atoms. The Kier molecular flexibility index (Phi) is 6.20. The lowest BCUT2D eigenvalue weighted by Gasteiger charge is -2.27. The van der Waals surface area contributed by atoms with Gasteiger partial charge in [0, 0.05) is 0 Å². The van der Waals surface area contributed by atoms with Crippen LogP contribution in [0.2, 0.25) is 0 Å². The SMILES string of the molecule is Cc1ccc([P+](c2ccccc2)(c2ccccc2)c2ccc(Cc3ccccc3)cc2)cc1. The van der Waals surface area contributed by atoms with E-state index in [-0.39, 0.29) is 0 Å². The first-order chi connectivity index (χ1) is 16.3. The van der Waals surface area contributed by atoms with Gasteiger partial charge in [-0.2, -0.15) is 0 Å². The minimum Gasteiger partial charge on any atom is -0.0622 e. The van der Waals surface area contributed by atoms with Gasteiger partial charge < -0.3 is 0 Å². The Morgan fingerprint density at radius 3 is 1.24 bits per heavy atom. The Hall–Kier alpha value is -3.47. The molecule has 0 fully saturated rings. The van der Waals surface area contributed by atoms with E-state index in [2.05, 4.69) is 146 Å². The van der Waals surface area contributed by atoms with Gasteiger partial charge in [-0.05, 0) is 73.0 Å². The number of aryl methyl sites for hydroxylation is 1. The predicted octanol–water partition coefficient (Wildman–Crippen LogP) is 6.21. The quantitative estimate of drug-likeness (QED) is 0.274. The molecule has 1 heteroatoms. The molecule has 5 rings (SSSR count). The maximum atomic E-state index is 2.37. The van der Waals surface area contributed by atoms with Gasteiger partial charge in [0.05, 0.1) is 0 Å². The zero-order chi connectivity index (χ0) is 22.5. The molecule has 0 unspecified atom stereocenters. The normalized spacial score (nSPS) is 11.3. The second kappa shape index (κ2) is 9.57. The molecule has 33 heavy (non-hydrogen) atoms. The monoisotopic (exact) mass is 443 g/mol. The smallest absolute Gasteiger partial charge is 0.0622 e. The minimum absolute atomic E-state index is 0.952. The summed E-state index contributed by atoms with van der Waals surface area (Å²) in [6, 6.07) is 51.4. The number of benzene rings is 5. The van der Waals surface area contributed by atoms with E-state index in [1.54, 1.807) is 0 Å². The van der Waals surface area contributed by atoms with Crippen molar-refractivity contribution < 1.29 is 0 Å². The molecule has 160 valence electrons. The molecule has 0 aliphatic carbocycles. The van der Waals surface area contributed by atoms with Crippen molar-refractivity contribution in [1.29, 1.82) is 0 Å². The van der Waals surface area contributed by atoms with Crippen LogP contribution in [0.25, 0.3) is 0 Å². The molecule has 0 aliphatic heterocycles. The van der Waals surface area contributed by atoms with Crippen LogP contribution in [0.4, 0.5) is 0 Å². The maximum absolute atomic E-state index is 2.37. The molecule has 0 radical (unpaired) electrons. The summed E-state index contributed by atoms with van der Waals surface area (Å²) < 4.78 is 0. The number of hydrogen-bond donors (Lipinski definition) is 0. The van der Waals surface area contributed by atoms with E-state index in [1.807, 2.05) is 0 Å². The molecule has 0 saturated carbocycles. The van der Waals surface area contributed by atoms with Crippen molar-refractivity contribution in [2.24, 2.45) is 0 Å². The van der Waals surface area contributed by atoms with Crippen LogP contribution in [0.15, 0.2) is 140 Å². The highest BCUT2D eigenvalue weighted by atomic mass is 31.2. The van der Waals surface area contributed by atoms with Gasteiger partial charge in [0.25, 0.3) is 0 Å². The lowest BCUT2D eigenvalue weighted by atomic mass is 10.1. The fourth-order valence-electron chi connectivity index (χ4n) is 4.63. The maximum Gasteiger partial charge on any atom is 0.144 e. The molecule has 0 saturated heterocycles. The van der Waals surface area contributed by atoms with Crippen LogP contribution in [0.3, 0.4) is 0 Å². The van der Waals surface area contributed by atoms with Gasteiger partial charge in [-0.25, -0.2) is 0 Å². The van der Waals surface area contributed by atoms with Crippen LogP contribution in [-0.4, -0.2) is 0 Å². The molecule has 0 N–H and O–H groups in total. The third-order valence-electron chi connectivity index (χ3n) is 6.28. The summed E-state index contributed by atoms with van der Waals surface area (Å²) in [5.74, 6) is 0. The second-order valence-corrected chi connectivity index (χ2v) is 11.9. The highest BCUT2D eigenvalue weighted by molar-refractivity contribution is 8.01. The van der Waals surface area contributed by atoms with Crippen molar-refractivity contribution in [3.05, 3.63) is 156 Å². The van der Waals surface area contributed by atoms with E-state index >= 15 is 0 Å². The molecule has 0 atom stereocenters. The van der Waals surface area contributed by atoms with Gasteiger partial charge in [0.1, 0.15) is 28.5 Å². The van der Waals surface area contributed by atoms with Crippen LogP contribution >= 0.6 is 7.26 Å². The van der Waals surface area contributed by atoms with Crippen LogP contribution in [0, 0.1) is 6.92 Å². The van der Waals surface area contributed by atoms with Gasteiger partial charge in [0.2, 0.25) is 0 Å². The third-order valence-corrected chi connectivity index (χ3v) is 10.6. The Labute approximate surface area is 197 Å². The summed E-state index contributed by atoms with van der Waals surface area (Å²) in [6.07, 6.45) is 0.952. The number of rotatable bonds is 6. The predicted molar refractivity (Wildman–Crippen MR) is 145 cm³/mol. The summed E-state index contributed by atoms with van der Waals surface area (Å²) in [6.45, 7) is 2.16. The highest BCUT2D eigenvalue weighted by Crippen LogP contribution is 2.54. The first kappa shape index (κ1) is 21.4. The van der Waals surface area contributed by atoms with E-state index in [4.69, 9.17) is 0 Å². The lowest BCUT2D eigenvalue weighted by molar-refractivity contribution is 1.20. The molecule has 0 aromatic heterocycles. The van der Waals surface area contributed by atoms with E-state index in [0.717, 1.165) is 6.42 Å². The molecule has 0 heterocycles. The molecular formula is C32H28P+. The molecule has 5 aromatic carbocycles. The number of hydrogen-bond acceptors (Lipinski definition) is 0. The minimum atomic E-state index is -2.03. The van der Waals surface area contributed by atoms with Crippen molar-refractivity contribution in [3.63, 3.8) is 0 Å². The van der Waals surface area contributed by atoms with Crippen LogP contribution in [-0.2, 0) is 6.42 Å².